The van der Waals surface area contributed by atoms with E-state index in [0.717, 1.165) is 69.6 Å². The Morgan fingerprint density at radius 2 is 1.74 bits per heavy atom. The topological polar surface area (TPSA) is 105 Å². The Bertz CT molecular complexity index is 1160. The molecule has 0 saturated carbocycles. The summed E-state index contributed by atoms with van der Waals surface area (Å²) < 4.78 is 7.15. The zero-order valence-electron chi connectivity index (χ0n) is 20.1. The summed E-state index contributed by atoms with van der Waals surface area (Å²) in [6.45, 7) is 8.05. The molecule has 0 unspecified atom stereocenters. The molecule has 2 aliphatic heterocycles. The number of carbonyl (C=O) groups excluding carboxylic acids is 1. The number of benzene rings is 1. The third-order valence-corrected chi connectivity index (χ3v) is 6.49. The molecule has 1 aromatic carbocycles. The van der Waals surface area contributed by atoms with E-state index in [4.69, 9.17) is 10.5 Å². The molecule has 2 aliphatic rings. The van der Waals surface area contributed by atoms with Crippen LogP contribution in [0, 0.1) is 0 Å². The second-order valence-corrected chi connectivity index (χ2v) is 8.86. The Kier molecular flexibility index (Phi) is 6.71. The molecule has 0 bridgehead atoms. The quantitative estimate of drug-likeness (QED) is 0.579. The SMILES string of the molecule is CC(=O)N1CCCN(c2cc(-n3nc(Nc4ccc(N5CCOCC5)cc4)cc3N)ccn2)CC1. The number of nitrogens with one attached hydrogen (secondary N) is 1. The molecule has 2 aromatic heterocycles. The number of morpholine rings is 1. The minimum Gasteiger partial charge on any atom is -0.384 e. The van der Waals surface area contributed by atoms with Crippen molar-refractivity contribution in [2.24, 2.45) is 0 Å². The molecule has 0 aliphatic carbocycles. The number of hydrogen-bond acceptors (Lipinski definition) is 8. The number of rotatable bonds is 5. The number of anilines is 5. The monoisotopic (exact) mass is 476 g/mol. The maximum absolute atomic E-state index is 11.7. The van der Waals surface area contributed by atoms with Crippen molar-refractivity contribution in [2.75, 3.05) is 73.3 Å². The molecule has 2 fully saturated rings. The highest BCUT2D eigenvalue weighted by Gasteiger charge is 2.18. The van der Waals surface area contributed by atoms with E-state index >= 15 is 0 Å². The van der Waals surface area contributed by atoms with E-state index in [1.54, 1.807) is 17.8 Å². The zero-order valence-corrected chi connectivity index (χ0v) is 20.1. The van der Waals surface area contributed by atoms with E-state index in [2.05, 4.69) is 37.3 Å². The summed E-state index contributed by atoms with van der Waals surface area (Å²) in [5.41, 5.74) is 9.29. The number of nitrogen functional groups attached to an aromatic ring is 1. The van der Waals surface area contributed by atoms with Crippen LogP contribution in [0.5, 0.6) is 0 Å². The predicted octanol–water partition coefficient (Wildman–Crippen LogP) is 2.49. The van der Waals surface area contributed by atoms with Gasteiger partial charge in [0, 0.05) is 75.9 Å². The molecule has 1 amide bonds. The van der Waals surface area contributed by atoms with E-state index in [1.165, 1.54) is 5.69 Å². The maximum Gasteiger partial charge on any atom is 0.219 e. The summed E-state index contributed by atoms with van der Waals surface area (Å²) in [7, 11) is 0. The molecule has 3 aromatic rings. The Hall–Kier alpha value is -3.79. The summed E-state index contributed by atoms with van der Waals surface area (Å²) in [5.74, 6) is 2.18. The van der Waals surface area contributed by atoms with Crippen LogP contribution < -0.4 is 20.9 Å². The van der Waals surface area contributed by atoms with Crippen LogP contribution in [0.3, 0.4) is 0 Å². The smallest absolute Gasteiger partial charge is 0.219 e. The fourth-order valence-electron chi connectivity index (χ4n) is 4.56. The van der Waals surface area contributed by atoms with Gasteiger partial charge in [-0.15, -0.1) is 5.10 Å². The standard InChI is InChI=1S/C25H32N8O2/c1-19(34)30-9-2-10-32(12-11-30)25-17-22(7-8-27-25)33-23(26)18-24(29-33)28-20-3-5-21(6-4-20)31-13-15-35-16-14-31/h3-8,17-18H,2,9-16,26H2,1H3,(H,28,29). The summed E-state index contributed by atoms with van der Waals surface area (Å²) in [6.07, 6.45) is 2.69. The summed E-state index contributed by atoms with van der Waals surface area (Å²) >= 11 is 0. The minimum atomic E-state index is 0.119. The van der Waals surface area contributed by atoms with Crippen molar-refractivity contribution in [2.45, 2.75) is 13.3 Å². The van der Waals surface area contributed by atoms with Gasteiger partial charge in [-0.1, -0.05) is 0 Å². The number of aromatic nitrogens is 3. The van der Waals surface area contributed by atoms with Gasteiger partial charge in [0.2, 0.25) is 5.91 Å². The van der Waals surface area contributed by atoms with Crippen molar-refractivity contribution in [3.8, 4) is 5.69 Å². The van der Waals surface area contributed by atoms with Gasteiger partial charge in [-0.2, -0.15) is 0 Å². The Morgan fingerprint density at radius 3 is 2.51 bits per heavy atom. The summed E-state index contributed by atoms with van der Waals surface area (Å²) in [6, 6.07) is 14.0. The van der Waals surface area contributed by atoms with Crippen molar-refractivity contribution < 1.29 is 9.53 Å². The molecule has 0 radical (unpaired) electrons. The van der Waals surface area contributed by atoms with Gasteiger partial charge in [-0.05, 0) is 36.8 Å². The van der Waals surface area contributed by atoms with Gasteiger partial charge < -0.3 is 30.5 Å². The van der Waals surface area contributed by atoms with Crippen molar-refractivity contribution in [3.63, 3.8) is 0 Å². The molecule has 3 N–H and O–H groups in total. The highest BCUT2D eigenvalue weighted by molar-refractivity contribution is 5.73. The van der Waals surface area contributed by atoms with E-state index in [9.17, 15) is 4.79 Å². The van der Waals surface area contributed by atoms with Crippen LogP contribution in [0.25, 0.3) is 5.69 Å². The lowest BCUT2D eigenvalue weighted by Crippen LogP contribution is -2.36. The number of amides is 1. The first-order valence-corrected chi connectivity index (χ1v) is 12.1. The van der Waals surface area contributed by atoms with Gasteiger partial charge in [0.1, 0.15) is 11.6 Å². The second-order valence-electron chi connectivity index (χ2n) is 8.86. The molecule has 0 atom stereocenters. The number of nitrogens with two attached hydrogens (primary N) is 1. The van der Waals surface area contributed by atoms with Crippen LogP contribution >= 0.6 is 0 Å². The van der Waals surface area contributed by atoms with Gasteiger partial charge in [0.05, 0.1) is 18.9 Å². The molecule has 10 heteroatoms. The van der Waals surface area contributed by atoms with Crippen LogP contribution in [0.4, 0.5) is 28.8 Å². The highest BCUT2D eigenvalue weighted by Crippen LogP contribution is 2.25. The second kappa shape index (κ2) is 10.2. The third-order valence-electron chi connectivity index (χ3n) is 6.49. The van der Waals surface area contributed by atoms with E-state index in [0.29, 0.717) is 18.2 Å². The predicted molar refractivity (Wildman–Crippen MR) is 138 cm³/mol. The zero-order chi connectivity index (χ0) is 24.2. The average molecular weight is 477 g/mol. The van der Waals surface area contributed by atoms with Gasteiger partial charge >= 0.3 is 0 Å². The number of hydrogen-bond donors (Lipinski definition) is 2. The van der Waals surface area contributed by atoms with Crippen LogP contribution in [-0.2, 0) is 9.53 Å². The van der Waals surface area contributed by atoms with Gasteiger partial charge in [0.15, 0.2) is 5.82 Å². The van der Waals surface area contributed by atoms with E-state index < -0.39 is 0 Å². The number of nitrogens with zero attached hydrogens (tertiary/aromatic N) is 6. The van der Waals surface area contributed by atoms with E-state index in [-0.39, 0.29) is 5.91 Å². The minimum absolute atomic E-state index is 0.119. The summed E-state index contributed by atoms with van der Waals surface area (Å²) in [5, 5.41) is 8.03. The van der Waals surface area contributed by atoms with Crippen molar-refractivity contribution in [1.82, 2.24) is 19.7 Å². The van der Waals surface area contributed by atoms with Gasteiger partial charge in [-0.3, -0.25) is 4.79 Å². The van der Waals surface area contributed by atoms with Crippen molar-refractivity contribution in [3.05, 3.63) is 48.7 Å². The number of ether oxygens (including phenoxy) is 1. The normalized spacial score (nSPS) is 16.8. The lowest BCUT2D eigenvalue weighted by molar-refractivity contribution is -0.128. The Labute approximate surface area is 205 Å². The van der Waals surface area contributed by atoms with Gasteiger partial charge in [-0.25, -0.2) is 9.67 Å². The lowest BCUT2D eigenvalue weighted by atomic mass is 10.2. The van der Waals surface area contributed by atoms with Crippen molar-refractivity contribution >= 4 is 34.7 Å². The number of pyridine rings is 1. The lowest BCUT2D eigenvalue weighted by Gasteiger charge is -2.28. The fraction of sp³-hybridized carbons (Fsp3) is 0.400. The Balaban J connectivity index is 1.28. The average Bonchev–Trinajstić information content (AvgIpc) is 3.08. The molecule has 4 heterocycles. The highest BCUT2D eigenvalue weighted by atomic mass is 16.5. The van der Waals surface area contributed by atoms with Crippen LogP contribution in [0.15, 0.2) is 48.7 Å². The number of carbonyl (C=O) groups is 1. The van der Waals surface area contributed by atoms with Crippen LogP contribution in [0.1, 0.15) is 13.3 Å². The van der Waals surface area contributed by atoms with Crippen molar-refractivity contribution in [1.29, 1.82) is 0 Å². The third kappa shape index (κ3) is 5.32. The fourth-order valence-corrected chi connectivity index (χ4v) is 4.56. The largest absolute Gasteiger partial charge is 0.384 e. The molecule has 2 saturated heterocycles. The summed E-state index contributed by atoms with van der Waals surface area (Å²) in [4.78, 5) is 22.7. The molecule has 184 valence electrons. The molecule has 5 rings (SSSR count). The molecule has 35 heavy (non-hydrogen) atoms. The molecule has 10 nitrogen and oxygen atoms in total. The molecule has 0 spiro atoms. The molecular weight excluding hydrogens is 444 g/mol. The maximum atomic E-state index is 11.7. The Morgan fingerprint density at radius 1 is 0.943 bits per heavy atom. The van der Waals surface area contributed by atoms with Crippen LogP contribution in [0.2, 0.25) is 0 Å². The van der Waals surface area contributed by atoms with Gasteiger partial charge in [0.25, 0.3) is 0 Å². The first-order valence-electron chi connectivity index (χ1n) is 12.1. The van der Waals surface area contributed by atoms with E-state index in [1.807, 2.05) is 35.2 Å². The molecular formula is C25H32N8O2. The first-order chi connectivity index (χ1) is 17.1. The first kappa shape index (κ1) is 23.0. The van der Waals surface area contributed by atoms with Crippen LogP contribution in [-0.4, -0.2) is 78.1 Å².